The minimum Gasteiger partial charge on any atom is -0.508 e. The van der Waals surface area contributed by atoms with Gasteiger partial charge < -0.3 is 10.4 Å². The third-order valence-corrected chi connectivity index (χ3v) is 2.87. The summed E-state index contributed by atoms with van der Waals surface area (Å²) in [5, 5.41) is 20.8. The lowest BCUT2D eigenvalue weighted by Gasteiger charge is -2.08. The highest BCUT2D eigenvalue weighted by Gasteiger charge is 2.13. The van der Waals surface area contributed by atoms with Gasteiger partial charge in [-0.3, -0.25) is 4.79 Å². The fourth-order valence-corrected chi connectivity index (χ4v) is 1.80. The Labute approximate surface area is 119 Å². The second-order valence-electron chi connectivity index (χ2n) is 3.92. The Morgan fingerprint density at radius 3 is 2.75 bits per heavy atom. The van der Waals surface area contributed by atoms with Crippen molar-refractivity contribution in [1.29, 1.82) is 5.26 Å². The van der Waals surface area contributed by atoms with Gasteiger partial charge in [-0.2, -0.15) is 5.26 Å². The summed E-state index contributed by atoms with van der Waals surface area (Å²) in [4.78, 5) is 12.0. The second kappa shape index (κ2) is 5.59. The first-order chi connectivity index (χ1) is 9.51. The van der Waals surface area contributed by atoms with Gasteiger partial charge in [-0.25, -0.2) is 4.39 Å². The minimum atomic E-state index is -0.603. The summed E-state index contributed by atoms with van der Waals surface area (Å²) in [6.45, 7) is 0. The Morgan fingerprint density at radius 2 is 2.05 bits per heavy atom. The molecule has 0 unspecified atom stereocenters. The van der Waals surface area contributed by atoms with Crippen LogP contribution in [0.15, 0.2) is 36.4 Å². The number of nitrogens with zero attached hydrogens (tertiary/aromatic N) is 1. The van der Waals surface area contributed by atoms with Crippen LogP contribution in [0.2, 0.25) is 5.02 Å². The SMILES string of the molecule is N#Cc1cc(F)ccc1NC(=O)c1cc(O)ccc1Cl. The Hall–Kier alpha value is -2.58. The van der Waals surface area contributed by atoms with Crippen LogP contribution in [0.5, 0.6) is 5.75 Å². The smallest absolute Gasteiger partial charge is 0.257 e. The number of phenols is 1. The van der Waals surface area contributed by atoms with Crippen LogP contribution in [0.4, 0.5) is 10.1 Å². The molecule has 4 nitrogen and oxygen atoms in total. The van der Waals surface area contributed by atoms with Crippen LogP contribution in [0.25, 0.3) is 0 Å². The molecular formula is C14H8ClFN2O2. The molecule has 2 N–H and O–H groups in total. The average molecular weight is 291 g/mol. The van der Waals surface area contributed by atoms with Crippen LogP contribution >= 0.6 is 11.6 Å². The number of carbonyl (C=O) groups excluding carboxylic acids is 1. The number of benzene rings is 2. The van der Waals surface area contributed by atoms with Crippen molar-refractivity contribution in [1.82, 2.24) is 0 Å². The molecule has 6 heteroatoms. The van der Waals surface area contributed by atoms with E-state index in [1.54, 1.807) is 6.07 Å². The number of hydrogen-bond acceptors (Lipinski definition) is 3. The van der Waals surface area contributed by atoms with Gasteiger partial charge in [-0.15, -0.1) is 0 Å². The van der Waals surface area contributed by atoms with E-state index in [2.05, 4.69) is 5.32 Å². The third-order valence-electron chi connectivity index (χ3n) is 2.54. The van der Waals surface area contributed by atoms with E-state index >= 15 is 0 Å². The number of nitrogens with one attached hydrogen (secondary N) is 1. The van der Waals surface area contributed by atoms with Crippen molar-refractivity contribution >= 4 is 23.2 Å². The first-order valence-electron chi connectivity index (χ1n) is 5.51. The van der Waals surface area contributed by atoms with Gasteiger partial charge in [0.1, 0.15) is 17.6 Å². The molecule has 0 aliphatic heterocycles. The van der Waals surface area contributed by atoms with Crippen molar-refractivity contribution in [3.8, 4) is 11.8 Å². The molecule has 20 heavy (non-hydrogen) atoms. The van der Waals surface area contributed by atoms with Crippen LogP contribution in [-0.2, 0) is 0 Å². The molecule has 1 amide bonds. The number of anilines is 1. The number of hydrogen-bond donors (Lipinski definition) is 2. The molecule has 2 rings (SSSR count). The highest BCUT2D eigenvalue weighted by Crippen LogP contribution is 2.23. The van der Waals surface area contributed by atoms with Crippen LogP contribution in [-0.4, -0.2) is 11.0 Å². The van der Waals surface area contributed by atoms with Gasteiger partial charge in [0.25, 0.3) is 5.91 Å². The molecule has 0 aromatic heterocycles. The van der Waals surface area contributed by atoms with E-state index in [0.717, 1.165) is 12.1 Å². The van der Waals surface area contributed by atoms with Gasteiger partial charge in [0.05, 0.1) is 21.8 Å². The summed E-state index contributed by atoms with van der Waals surface area (Å²) in [7, 11) is 0. The molecule has 2 aromatic rings. The zero-order valence-corrected chi connectivity index (χ0v) is 10.8. The molecule has 100 valence electrons. The Kier molecular flexibility index (Phi) is 3.87. The van der Waals surface area contributed by atoms with E-state index in [4.69, 9.17) is 16.9 Å². The number of halogens is 2. The summed E-state index contributed by atoms with van der Waals surface area (Å²) in [6.07, 6.45) is 0. The first-order valence-corrected chi connectivity index (χ1v) is 5.88. The van der Waals surface area contributed by atoms with Crippen molar-refractivity contribution in [3.63, 3.8) is 0 Å². The van der Waals surface area contributed by atoms with Crippen molar-refractivity contribution < 1.29 is 14.3 Å². The lowest BCUT2D eigenvalue weighted by Crippen LogP contribution is -2.13. The number of nitriles is 1. The molecule has 0 heterocycles. The van der Waals surface area contributed by atoms with E-state index in [1.807, 2.05) is 0 Å². The largest absolute Gasteiger partial charge is 0.508 e. The molecule has 0 fully saturated rings. The summed E-state index contributed by atoms with van der Waals surface area (Å²) in [6, 6.07) is 9.12. The van der Waals surface area contributed by atoms with E-state index < -0.39 is 11.7 Å². The van der Waals surface area contributed by atoms with Gasteiger partial charge in [-0.05, 0) is 36.4 Å². The van der Waals surface area contributed by atoms with Gasteiger partial charge in [0.15, 0.2) is 0 Å². The van der Waals surface area contributed by atoms with Crippen molar-refractivity contribution in [2.75, 3.05) is 5.32 Å². The molecular weight excluding hydrogens is 283 g/mol. The lowest BCUT2D eigenvalue weighted by molar-refractivity contribution is 0.102. The van der Waals surface area contributed by atoms with Gasteiger partial charge in [0, 0.05) is 0 Å². The quantitative estimate of drug-likeness (QED) is 0.891. The monoisotopic (exact) mass is 290 g/mol. The Bertz CT molecular complexity index is 726. The molecule has 0 aliphatic carbocycles. The maximum atomic E-state index is 13.0. The highest BCUT2D eigenvalue weighted by atomic mass is 35.5. The fraction of sp³-hybridized carbons (Fsp3) is 0. The molecule has 0 spiro atoms. The second-order valence-corrected chi connectivity index (χ2v) is 4.33. The number of aromatic hydroxyl groups is 1. The van der Waals surface area contributed by atoms with Gasteiger partial charge in [-0.1, -0.05) is 11.6 Å². The first kappa shape index (κ1) is 13.8. The Morgan fingerprint density at radius 1 is 1.30 bits per heavy atom. The van der Waals surface area contributed by atoms with Crippen LogP contribution < -0.4 is 5.32 Å². The maximum Gasteiger partial charge on any atom is 0.257 e. The summed E-state index contributed by atoms with van der Waals surface area (Å²) in [5.74, 6) is -1.29. The van der Waals surface area contributed by atoms with E-state index in [9.17, 15) is 14.3 Å². The Balaban J connectivity index is 2.33. The standard InChI is InChI=1S/C14H8ClFN2O2/c15-12-3-2-10(19)6-11(12)14(20)18-13-4-1-9(16)5-8(13)7-17/h1-6,19H,(H,18,20). The number of phenolic OH excluding ortho intramolecular Hbond substituents is 1. The predicted molar refractivity (Wildman–Crippen MR) is 72.2 cm³/mol. The summed E-state index contributed by atoms with van der Waals surface area (Å²) < 4.78 is 13.0. The lowest BCUT2D eigenvalue weighted by atomic mass is 10.1. The summed E-state index contributed by atoms with van der Waals surface area (Å²) >= 11 is 5.86. The number of carbonyl (C=O) groups is 1. The average Bonchev–Trinajstić information content (AvgIpc) is 2.43. The molecule has 0 saturated carbocycles. The molecule has 0 atom stereocenters. The van der Waals surface area contributed by atoms with Crippen LogP contribution in [0.1, 0.15) is 15.9 Å². The van der Waals surface area contributed by atoms with E-state index in [0.29, 0.717) is 0 Å². The van der Waals surface area contributed by atoms with Crippen molar-refractivity contribution in [2.24, 2.45) is 0 Å². The van der Waals surface area contributed by atoms with Crippen LogP contribution in [0, 0.1) is 17.1 Å². The predicted octanol–water partition coefficient (Wildman–Crippen LogP) is 3.31. The summed E-state index contributed by atoms with van der Waals surface area (Å²) in [5.41, 5.74) is 0.216. The van der Waals surface area contributed by atoms with Crippen LogP contribution in [0.3, 0.4) is 0 Å². The highest BCUT2D eigenvalue weighted by molar-refractivity contribution is 6.34. The molecule has 2 aromatic carbocycles. The van der Waals surface area contributed by atoms with E-state index in [-0.39, 0.29) is 27.6 Å². The normalized spacial score (nSPS) is 9.85. The van der Waals surface area contributed by atoms with Crippen molar-refractivity contribution in [2.45, 2.75) is 0 Å². The van der Waals surface area contributed by atoms with Gasteiger partial charge >= 0.3 is 0 Å². The maximum absolute atomic E-state index is 13.0. The molecule has 0 saturated heterocycles. The number of amides is 1. The van der Waals surface area contributed by atoms with Gasteiger partial charge in [0.2, 0.25) is 0 Å². The zero-order chi connectivity index (χ0) is 14.7. The topological polar surface area (TPSA) is 73.1 Å². The van der Waals surface area contributed by atoms with Crippen molar-refractivity contribution in [3.05, 3.63) is 58.4 Å². The van der Waals surface area contributed by atoms with E-state index in [1.165, 1.54) is 24.3 Å². The fourth-order valence-electron chi connectivity index (χ4n) is 1.59. The molecule has 0 bridgehead atoms. The molecule has 0 aliphatic rings. The molecule has 0 radical (unpaired) electrons. The minimum absolute atomic E-state index is 0.00498. The third kappa shape index (κ3) is 2.87. The zero-order valence-electron chi connectivity index (χ0n) is 10.0. The number of rotatable bonds is 2.